The highest BCUT2D eigenvalue weighted by atomic mass is 32.2. The van der Waals surface area contributed by atoms with Crippen molar-refractivity contribution in [1.29, 1.82) is 0 Å². The second-order valence-electron chi connectivity index (χ2n) is 5.34. The van der Waals surface area contributed by atoms with Crippen molar-refractivity contribution in [2.75, 3.05) is 13.1 Å². The van der Waals surface area contributed by atoms with Gasteiger partial charge in [-0.05, 0) is 39.7 Å². The first-order valence-electron chi connectivity index (χ1n) is 6.61. The fourth-order valence-corrected chi connectivity index (χ4v) is 3.03. The summed E-state index contributed by atoms with van der Waals surface area (Å²) in [5.74, 6) is -0.342. The molecule has 0 aliphatic carbocycles. The molecule has 1 atom stereocenters. The maximum atomic E-state index is 12.3. The average Bonchev–Trinajstić information content (AvgIpc) is 2.29. The van der Waals surface area contributed by atoms with Gasteiger partial charge in [0.2, 0.25) is 15.9 Å². The molecule has 106 valence electrons. The van der Waals surface area contributed by atoms with Gasteiger partial charge < -0.3 is 5.32 Å². The Hall–Kier alpha value is -0.620. The number of hydrogen-bond donors (Lipinski definition) is 2. The Morgan fingerprint density at radius 2 is 2.11 bits per heavy atom. The van der Waals surface area contributed by atoms with Crippen molar-refractivity contribution < 1.29 is 13.2 Å². The second-order valence-corrected chi connectivity index (χ2v) is 7.57. The van der Waals surface area contributed by atoms with E-state index in [0.29, 0.717) is 6.54 Å². The minimum Gasteiger partial charge on any atom is -0.316 e. The van der Waals surface area contributed by atoms with E-state index in [1.54, 1.807) is 13.8 Å². The molecule has 18 heavy (non-hydrogen) atoms. The van der Waals surface area contributed by atoms with Crippen molar-refractivity contribution in [2.45, 2.75) is 51.7 Å². The number of rotatable bonds is 5. The van der Waals surface area contributed by atoms with Gasteiger partial charge in [0.05, 0.1) is 10.7 Å². The molecule has 2 N–H and O–H groups in total. The van der Waals surface area contributed by atoms with Crippen LogP contribution < -0.4 is 10.0 Å². The standard InChI is InChI=1S/C12H24N2O3S/c1-4-6-12(7-5-8-13-9-12)11(15)14-18(16,17)10(2)3/h10,13H,4-9H2,1-3H3,(H,14,15). The monoisotopic (exact) mass is 276 g/mol. The van der Waals surface area contributed by atoms with Gasteiger partial charge in [-0.3, -0.25) is 9.52 Å². The number of hydrogen-bond acceptors (Lipinski definition) is 4. The number of sulfonamides is 1. The lowest BCUT2D eigenvalue weighted by atomic mass is 9.76. The molecular formula is C12H24N2O3S. The Bertz CT molecular complexity index is 379. The predicted octanol–water partition coefficient (Wildman–Crippen LogP) is 1.01. The highest BCUT2D eigenvalue weighted by Crippen LogP contribution is 2.32. The normalized spacial score (nSPS) is 25.1. The molecule has 0 aromatic carbocycles. The Balaban J connectivity index is 2.84. The van der Waals surface area contributed by atoms with Crippen LogP contribution in [-0.2, 0) is 14.8 Å². The highest BCUT2D eigenvalue weighted by molar-refractivity contribution is 7.90. The second kappa shape index (κ2) is 6.02. The Morgan fingerprint density at radius 1 is 1.44 bits per heavy atom. The molecule has 0 radical (unpaired) electrons. The first kappa shape index (κ1) is 15.4. The molecule has 1 heterocycles. The van der Waals surface area contributed by atoms with Gasteiger partial charge in [-0.25, -0.2) is 8.42 Å². The molecular weight excluding hydrogens is 252 g/mol. The quantitative estimate of drug-likeness (QED) is 0.786. The fourth-order valence-electron chi connectivity index (χ4n) is 2.32. The molecule has 1 rings (SSSR count). The van der Waals surface area contributed by atoms with Crippen LogP contribution in [0.15, 0.2) is 0 Å². The van der Waals surface area contributed by atoms with E-state index < -0.39 is 20.7 Å². The lowest BCUT2D eigenvalue weighted by Crippen LogP contribution is -2.52. The SMILES string of the molecule is CCCC1(C(=O)NS(=O)(=O)C(C)C)CCCNC1. The smallest absolute Gasteiger partial charge is 0.240 e. The van der Waals surface area contributed by atoms with Crippen molar-refractivity contribution in [2.24, 2.45) is 5.41 Å². The van der Waals surface area contributed by atoms with Crippen LogP contribution in [0.1, 0.15) is 46.5 Å². The first-order valence-corrected chi connectivity index (χ1v) is 8.15. The van der Waals surface area contributed by atoms with Gasteiger partial charge in [0, 0.05) is 6.54 Å². The summed E-state index contributed by atoms with van der Waals surface area (Å²) in [5.41, 5.74) is -0.561. The van der Waals surface area contributed by atoms with Crippen LogP contribution in [0.2, 0.25) is 0 Å². The molecule has 0 bridgehead atoms. The highest BCUT2D eigenvalue weighted by Gasteiger charge is 2.40. The number of nitrogens with one attached hydrogen (secondary N) is 2. The van der Waals surface area contributed by atoms with Gasteiger partial charge in [-0.1, -0.05) is 13.3 Å². The predicted molar refractivity (Wildman–Crippen MR) is 71.6 cm³/mol. The molecule has 5 nitrogen and oxygen atoms in total. The summed E-state index contributed by atoms with van der Waals surface area (Å²) in [6.45, 7) is 6.62. The van der Waals surface area contributed by atoms with Gasteiger partial charge >= 0.3 is 0 Å². The molecule has 1 fully saturated rings. The number of carbonyl (C=O) groups is 1. The summed E-state index contributed by atoms with van der Waals surface area (Å²) in [6, 6.07) is 0. The molecule has 1 aliphatic heterocycles. The summed E-state index contributed by atoms with van der Waals surface area (Å²) < 4.78 is 25.8. The van der Waals surface area contributed by atoms with Gasteiger partial charge in [0.25, 0.3) is 0 Å². The topological polar surface area (TPSA) is 75.3 Å². The van der Waals surface area contributed by atoms with Crippen LogP contribution in [0.4, 0.5) is 0 Å². The zero-order chi connectivity index (χ0) is 13.8. The Morgan fingerprint density at radius 3 is 2.56 bits per heavy atom. The number of piperidine rings is 1. The van der Waals surface area contributed by atoms with E-state index in [1.165, 1.54) is 0 Å². The maximum Gasteiger partial charge on any atom is 0.240 e. The van der Waals surface area contributed by atoms with Gasteiger partial charge in [0.15, 0.2) is 0 Å². The van der Waals surface area contributed by atoms with E-state index in [-0.39, 0.29) is 5.91 Å². The Kier molecular flexibility index (Phi) is 5.16. The summed E-state index contributed by atoms with van der Waals surface area (Å²) in [5, 5.41) is 2.61. The van der Waals surface area contributed by atoms with Crippen molar-refractivity contribution >= 4 is 15.9 Å². The molecule has 1 unspecified atom stereocenters. The maximum absolute atomic E-state index is 12.3. The van der Waals surface area contributed by atoms with Crippen LogP contribution in [0.3, 0.4) is 0 Å². The van der Waals surface area contributed by atoms with Crippen LogP contribution in [0.5, 0.6) is 0 Å². The molecule has 1 saturated heterocycles. The number of carbonyl (C=O) groups excluding carboxylic acids is 1. The van der Waals surface area contributed by atoms with E-state index in [2.05, 4.69) is 10.0 Å². The zero-order valence-corrected chi connectivity index (χ0v) is 12.3. The van der Waals surface area contributed by atoms with Crippen LogP contribution in [0.25, 0.3) is 0 Å². The summed E-state index contributed by atoms with van der Waals surface area (Å²) in [7, 11) is -3.53. The third-order valence-corrected chi connectivity index (χ3v) is 5.25. The van der Waals surface area contributed by atoms with E-state index in [1.807, 2.05) is 6.92 Å². The van der Waals surface area contributed by atoms with Crippen LogP contribution in [0, 0.1) is 5.41 Å². The Labute approximate surface area is 110 Å². The lowest BCUT2D eigenvalue weighted by molar-refractivity contribution is -0.130. The van der Waals surface area contributed by atoms with Crippen molar-refractivity contribution in [3.63, 3.8) is 0 Å². The van der Waals surface area contributed by atoms with E-state index in [9.17, 15) is 13.2 Å². The van der Waals surface area contributed by atoms with Crippen molar-refractivity contribution in [3.8, 4) is 0 Å². The molecule has 0 saturated carbocycles. The van der Waals surface area contributed by atoms with Gasteiger partial charge in [-0.2, -0.15) is 0 Å². The van der Waals surface area contributed by atoms with Gasteiger partial charge in [-0.15, -0.1) is 0 Å². The van der Waals surface area contributed by atoms with Gasteiger partial charge in [0.1, 0.15) is 0 Å². The van der Waals surface area contributed by atoms with Crippen LogP contribution >= 0.6 is 0 Å². The largest absolute Gasteiger partial charge is 0.316 e. The van der Waals surface area contributed by atoms with Crippen molar-refractivity contribution in [1.82, 2.24) is 10.0 Å². The molecule has 0 aromatic heterocycles. The number of amides is 1. The molecule has 0 spiro atoms. The summed E-state index contributed by atoms with van der Waals surface area (Å²) >= 11 is 0. The third-order valence-electron chi connectivity index (χ3n) is 3.54. The lowest BCUT2D eigenvalue weighted by Gasteiger charge is -2.36. The van der Waals surface area contributed by atoms with E-state index in [4.69, 9.17) is 0 Å². The molecule has 1 amide bonds. The third kappa shape index (κ3) is 3.45. The molecule has 1 aliphatic rings. The van der Waals surface area contributed by atoms with Crippen molar-refractivity contribution in [3.05, 3.63) is 0 Å². The summed E-state index contributed by atoms with van der Waals surface area (Å²) in [6.07, 6.45) is 3.26. The van der Waals surface area contributed by atoms with E-state index in [0.717, 1.165) is 32.2 Å². The molecule has 0 aromatic rings. The minimum atomic E-state index is -3.53. The van der Waals surface area contributed by atoms with E-state index >= 15 is 0 Å². The summed E-state index contributed by atoms with van der Waals surface area (Å²) in [4.78, 5) is 12.3. The fraction of sp³-hybridized carbons (Fsp3) is 0.917. The first-order chi connectivity index (χ1) is 8.34. The zero-order valence-electron chi connectivity index (χ0n) is 11.5. The molecule has 6 heteroatoms. The van der Waals surface area contributed by atoms with Crippen LogP contribution in [-0.4, -0.2) is 32.7 Å². The average molecular weight is 276 g/mol. The minimum absolute atomic E-state index is 0.342.